The van der Waals surface area contributed by atoms with Crippen LogP contribution in [0.1, 0.15) is 44.9 Å². The van der Waals surface area contributed by atoms with E-state index in [1.54, 1.807) is 25.1 Å². The van der Waals surface area contributed by atoms with E-state index in [4.69, 9.17) is 14.2 Å². The summed E-state index contributed by atoms with van der Waals surface area (Å²) >= 11 is 1.26. The van der Waals surface area contributed by atoms with Crippen LogP contribution >= 0.6 is 11.3 Å². The van der Waals surface area contributed by atoms with E-state index in [-0.39, 0.29) is 29.4 Å². The molecule has 0 N–H and O–H groups in total. The van der Waals surface area contributed by atoms with Crippen molar-refractivity contribution in [1.82, 2.24) is 4.57 Å². The van der Waals surface area contributed by atoms with Gasteiger partial charge >= 0.3 is 11.9 Å². The van der Waals surface area contributed by atoms with Gasteiger partial charge < -0.3 is 14.2 Å². The van der Waals surface area contributed by atoms with Crippen LogP contribution in [0.2, 0.25) is 0 Å². The Kier molecular flexibility index (Phi) is 7.90. The Morgan fingerprint density at radius 2 is 1.83 bits per heavy atom. The Balaban J connectivity index is 1.72. The standard InChI is InChI=1S/C32H30N2O6S/c1-18(2)17-39-31(37)28-19(3)33-32-34(29(28)23-13-14-25(40-20(4)35)26(15-23)38-5)30(36)27(41-32)16-22-11-8-10-21-9-6-7-12-24(21)22/h6-16,18,29H,17H2,1-5H3. The van der Waals surface area contributed by atoms with Crippen LogP contribution in [0.25, 0.3) is 16.8 Å². The lowest BCUT2D eigenvalue weighted by Crippen LogP contribution is -2.40. The highest BCUT2D eigenvalue weighted by Gasteiger charge is 2.34. The van der Waals surface area contributed by atoms with Gasteiger partial charge in [0.25, 0.3) is 5.56 Å². The van der Waals surface area contributed by atoms with Crippen LogP contribution in [0, 0.1) is 5.92 Å². The second kappa shape index (κ2) is 11.5. The van der Waals surface area contributed by atoms with Crippen molar-refractivity contribution in [1.29, 1.82) is 0 Å². The summed E-state index contributed by atoms with van der Waals surface area (Å²) < 4.78 is 18.4. The van der Waals surface area contributed by atoms with Crippen molar-refractivity contribution >= 4 is 40.1 Å². The highest BCUT2D eigenvalue weighted by atomic mass is 32.1. The molecular formula is C32H30N2O6S. The van der Waals surface area contributed by atoms with Crippen molar-refractivity contribution in [2.45, 2.75) is 33.7 Å². The number of carbonyl (C=O) groups is 2. The number of ether oxygens (including phenoxy) is 3. The number of thiazole rings is 1. The zero-order valence-corrected chi connectivity index (χ0v) is 24.3. The molecule has 0 bridgehead atoms. The van der Waals surface area contributed by atoms with Gasteiger partial charge in [-0.25, -0.2) is 9.79 Å². The van der Waals surface area contributed by atoms with Gasteiger partial charge in [0, 0.05) is 6.92 Å². The van der Waals surface area contributed by atoms with Gasteiger partial charge in [-0.05, 0) is 52.9 Å². The molecule has 1 unspecified atom stereocenters. The van der Waals surface area contributed by atoms with E-state index in [0.717, 1.165) is 16.3 Å². The first-order valence-corrected chi connectivity index (χ1v) is 14.0. The predicted molar refractivity (Wildman–Crippen MR) is 158 cm³/mol. The molecule has 0 fully saturated rings. The maximum atomic E-state index is 14.1. The molecule has 1 aliphatic heterocycles. The molecule has 0 aliphatic carbocycles. The number of nitrogens with zero attached hydrogens (tertiary/aromatic N) is 2. The number of esters is 2. The van der Waals surface area contributed by atoms with Crippen LogP contribution in [0.3, 0.4) is 0 Å². The number of carbonyl (C=O) groups excluding carboxylic acids is 2. The van der Waals surface area contributed by atoms with E-state index in [9.17, 15) is 14.4 Å². The zero-order chi connectivity index (χ0) is 29.3. The van der Waals surface area contributed by atoms with Crippen molar-refractivity contribution in [2.24, 2.45) is 10.9 Å². The summed E-state index contributed by atoms with van der Waals surface area (Å²) in [4.78, 5) is 44.3. The maximum absolute atomic E-state index is 14.1. The number of methoxy groups -OCH3 is 1. The zero-order valence-electron chi connectivity index (χ0n) is 23.5. The molecule has 0 saturated carbocycles. The van der Waals surface area contributed by atoms with E-state index in [2.05, 4.69) is 4.99 Å². The Morgan fingerprint density at radius 3 is 2.56 bits per heavy atom. The second-order valence-corrected chi connectivity index (χ2v) is 11.2. The highest BCUT2D eigenvalue weighted by molar-refractivity contribution is 7.07. The van der Waals surface area contributed by atoms with Gasteiger partial charge in [-0.3, -0.25) is 14.2 Å². The molecule has 3 aromatic carbocycles. The third kappa shape index (κ3) is 5.58. The number of fused-ring (bicyclic) bond motifs is 2. The Bertz CT molecular complexity index is 1880. The number of rotatable bonds is 7. The molecule has 4 aromatic rings. The van der Waals surface area contributed by atoms with E-state index >= 15 is 0 Å². The van der Waals surface area contributed by atoms with Crippen LogP contribution in [0.15, 0.2) is 81.7 Å². The van der Waals surface area contributed by atoms with E-state index in [1.165, 1.54) is 29.9 Å². The molecule has 0 radical (unpaired) electrons. The van der Waals surface area contributed by atoms with Crippen molar-refractivity contribution in [3.63, 3.8) is 0 Å². The fraction of sp³-hybridized carbons (Fsp3) is 0.250. The van der Waals surface area contributed by atoms with Gasteiger partial charge in [0.15, 0.2) is 16.3 Å². The molecular weight excluding hydrogens is 540 g/mol. The van der Waals surface area contributed by atoms with Crippen LogP contribution in [0.4, 0.5) is 0 Å². The van der Waals surface area contributed by atoms with Gasteiger partial charge in [-0.15, -0.1) is 0 Å². The first kappa shape index (κ1) is 28.0. The number of allylic oxidation sites excluding steroid dienone is 1. The molecule has 1 aliphatic rings. The molecule has 1 aromatic heterocycles. The summed E-state index contributed by atoms with van der Waals surface area (Å²) in [7, 11) is 1.46. The topological polar surface area (TPSA) is 96.2 Å². The third-order valence-electron chi connectivity index (χ3n) is 6.66. The minimum Gasteiger partial charge on any atom is -0.493 e. The van der Waals surface area contributed by atoms with Crippen LogP contribution in [-0.4, -0.2) is 30.2 Å². The molecule has 2 heterocycles. The smallest absolute Gasteiger partial charge is 0.338 e. The highest BCUT2D eigenvalue weighted by Crippen LogP contribution is 2.36. The summed E-state index contributed by atoms with van der Waals surface area (Å²) in [5.74, 6) is -0.386. The lowest BCUT2D eigenvalue weighted by atomic mass is 9.95. The SMILES string of the molecule is COc1cc(C2C(C(=O)OCC(C)C)=C(C)N=c3sc(=Cc4cccc5ccccc45)c(=O)n32)ccc1OC(C)=O. The lowest BCUT2D eigenvalue weighted by Gasteiger charge is -2.25. The molecule has 0 saturated heterocycles. The van der Waals surface area contributed by atoms with Crippen molar-refractivity contribution in [3.8, 4) is 11.5 Å². The van der Waals surface area contributed by atoms with E-state index < -0.39 is 18.0 Å². The van der Waals surface area contributed by atoms with Gasteiger partial charge in [-0.2, -0.15) is 0 Å². The monoisotopic (exact) mass is 570 g/mol. The van der Waals surface area contributed by atoms with Crippen molar-refractivity contribution in [3.05, 3.63) is 103 Å². The van der Waals surface area contributed by atoms with Gasteiger partial charge in [0.1, 0.15) is 0 Å². The lowest BCUT2D eigenvalue weighted by molar-refractivity contribution is -0.140. The summed E-state index contributed by atoms with van der Waals surface area (Å²) in [6.45, 7) is 7.17. The van der Waals surface area contributed by atoms with Gasteiger partial charge in [-0.1, -0.05) is 73.7 Å². The average molecular weight is 571 g/mol. The minimum atomic E-state index is -0.833. The molecule has 41 heavy (non-hydrogen) atoms. The van der Waals surface area contributed by atoms with Crippen molar-refractivity contribution in [2.75, 3.05) is 13.7 Å². The Labute approximate surface area is 240 Å². The first-order valence-electron chi connectivity index (χ1n) is 13.2. The fourth-order valence-corrected chi connectivity index (χ4v) is 5.87. The fourth-order valence-electron chi connectivity index (χ4n) is 4.83. The Hall–Kier alpha value is -4.50. The molecule has 9 heteroatoms. The predicted octanol–water partition coefficient (Wildman–Crippen LogP) is 4.52. The molecule has 8 nitrogen and oxygen atoms in total. The van der Waals surface area contributed by atoms with Crippen LogP contribution in [-0.2, 0) is 14.3 Å². The normalized spacial score (nSPS) is 15.1. The molecule has 0 amide bonds. The van der Waals surface area contributed by atoms with E-state index in [1.807, 2.05) is 62.4 Å². The van der Waals surface area contributed by atoms with Crippen molar-refractivity contribution < 1.29 is 23.8 Å². The van der Waals surface area contributed by atoms with Gasteiger partial charge in [0.05, 0.1) is 35.6 Å². The summed E-state index contributed by atoms with van der Waals surface area (Å²) in [5, 5.41) is 2.09. The number of hydrogen-bond donors (Lipinski definition) is 0. The molecule has 210 valence electrons. The summed E-state index contributed by atoms with van der Waals surface area (Å²) in [6, 6.07) is 18.1. The molecule has 0 spiro atoms. The van der Waals surface area contributed by atoms with Gasteiger partial charge in [0.2, 0.25) is 0 Å². The summed E-state index contributed by atoms with van der Waals surface area (Å²) in [6.07, 6.45) is 1.86. The number of benzene rings is 3. The van der Waals surface area contributed by atoms with E-state index in [0.29, 0.717) is 26.3 Å². The first-order chi connectivity index (χ1) is 19.7. The minimum absolute atomic E-state index is 0.128. The third-order valence-corrected chi connectivity index (χ3v) is 7.64. The molecule has 1 atom stereocenters. The summed E-state index contributed by atoms with van der Waals surface area (Å²) in [5.41, 5.74) is 1.93. The average Bonchev–Trinajstić information content (AvgIpc) is 3.25. The van der Waals surface area contributed by atoms with Crippen LogP contribution in [0.5, 0.6) is 11.5 Å². The molecule has 5 rings (SSSR count). The number of aromatic nitrogens is 1. The quantitative estimate of drug-likeness (QED) is 0.240. The number of hydrogen-bond acceptors (Lipinski definition) is 8. The second-order valence-electron chi connectivity index (χ2n) is 10.1. The maximum Gasteiger partial charge on any atom is 0.338 e. The largest absolute Gasteiger partial charge is 0.493 e. The Morgan fingerprint density at radius 1 is 1.07 bits per heavy atom. The van der Waals surface area contributed by atoms with Crippen LogP contribution < -0.4 is 24.4 Å².